The average molecular weight is 437 g/mol. The smallest absolute Gasteiger partial charge is 0.293 e. The number of hydrogen-bond donors (Lipinski definition) is 1. The highest BCUT2D eigenvalue weighted by atomic mass is 35.5. The van der Waals surface area contributed by atoms with Crippen LogP contribution in [0.4, 0.5) is 5.95 Å². The predicted octanol–water partition coefficient (Wildman–Crippen LogP) is 5.02. The topological polar surface area (TPSA) is 82.2 Å². The lowest BCUT2D eigenvalue weighted by Gasteiger charge is -2.10. The predicted molar refractivity (Wildman–Crippen MR) is 117 cm³/mol. The van der Waals surface area contributed by atoms with E-state index in [0.29, 0.717) is 17.3 Å². The maximum atomic E-state index is 12.5. The molecule has 158 valence electrons. The van der Waals surface area contributed by atoms with Gasteiger partial charge in [0.2, 0.25) is 5.95 Å². The molecule has 8 heteroatoms. The van der Waals surface area contributed by atoms with Crippen molar-refractivity contribution in [1.29, 1.82) is 0 Å². The second-order valence-corrected chi connectivity index (χ2v) is 7.56. The number of carbonyl (C=O) groups excluding carboxylic acids is 1. The molecule has 0 fully saturated rings. The van der Waals surface area contributed by atoms with Gasteiger partial charge in [-0.2, -0.15) is 0 Å². The number of benzene rings is 2. The van der Waals surface area contributed by atoms with E-state index in [0.717, 1.165) is 22.4 Å². The standard InChI is InChI=1S/C23H21ClN4O3/c1-15-4-3-5-16(2)21(15)30-13-19-10-11-20(31-19)22(29)26-23-25-14-28(27-23)12-17-6-8-18(24)9-7-17/h3-11,14H,12-13H2,1-2H3,(H,26,27,29). The van der Waals surface area contributed by atoms with Crippen LogP contribution >= 0.6 is 11.6 Å². The van der Waals surface area contributed by atoms with Crippen molar-refractivity contribution in [2.45, 2.75) is 27.0 Å². The highest BCUT2D eigenvalue weighted by Crippen LogP contribution is 2.24. The Labute approximate surface area is 184 Å². The molecule has 0 radical (unpaired) electrons. The molecule has 0 atom stereocenters. The molecule has 0 saturated carbocycles. The Morgan fingerprint density at radius 2 is 1.84 bits per heavy atom. The summed E-state index contributed by atoms with van der Waals surface area (Å²) in [6.07, 6.45) is 1.55. The van der Waals surface area contributed by atoms with Gasteiger partial charge >= 0.3 is 0 Å². The fourth-order valence-electron chi connectivity index (χ4n) is 3.12. The van der Waals surface area contributed by atoms with Crippen LogP contribution in [-0.2, 0) is 13.2 Å². The number of aryl methyl sites for hydroxylation is 2. The Morgan fingerprint density at radius 3 is 2.58 bits per heavy atom. The molecule has 0 aliphatic heterocycles. The molecule has 0 aliphatic rings. The maximum absolute atomic E-state index is 12.5. The SMILES string of the molecule is Cc1cccc(C)c1OCc1ccc(C(=O)Nc2ncn(Cc3ccc(Cl)cc3)n2)o1. The summed E-state index contributed by atoms with van der Waals surface area (Å²) in [5, 5.41) is 7.58. The number of para-hydroxylation sites is 1. The van der Waals surface area contributed by atoms with Gasteiger partial charge in [-0.1, -0.05) is 41.9 Å². The third-order valence-corrected chi connectivity index (χ3v) is 4.92. The van der Waals surface area contributed by atoms with E-state index in [-0.39, 0.29) is 18.3 Å². The Balaban J connectivity index is 1.35. The van der Waals surface area contributed by atoms with Crippen LogP contribution in [0.2, 0.25) is 5.02 Å². The molecular weight excluding hydrogens is 416 g/mol. The van der Waals surface area contributed by atoms with Crippen molar-refractivity contribution in [1.82, 2.24) is 14.8 Å². The zero-order valence-corrected chi connectivity index (χ0v) is 17.9. The summed E-state index contributed by atoms with van der Waals surface area (Å²) in [6.45, 7) is 4.72. The molecule has 2 aromatic carbocycles. The normalized spacial score (nSPS) is 10.8. The van der Waals surface area contributed by atoms with Crippen LogP contribution in [-0.4, -0.2) is 20.7 Å². The summed E-state index contributed by atoms with van der Waals surface area (Å²) in [5.41, 5.74) is 3.11. The number of halogens is 1. The van der Waals surface area contributed by atoms with Crippen LogP contribution in [0.15, 0.2) is 65.3 Å². The third-order valence-electron chi connectivity index (χ3n) is 4.67. The molecule has 0 unspecified atom stereocenters. The van der Waals surface area contributed by atoms with Crippen molar-refractivity contribution in [3.63, 3.8) is 0 Å². The molecule has 0 spiro atoms. The highest BCUT2D eigenvalue weighted by molar-refractivity contribution is 6.30. The van der Waals surface area contributed by atoms with E-state index in [1.54, 1.807) is 23.1 Å². The molecule has 0 saturated heterocycles. The van der Waals surface area contributed by atoms with Crippen molar-refractivity contribution in [2.75, 3.05) is 5.32 Å². The Kier molecular flexibility index (Phi) is 6.04. The van der Waals surface area contributed by atoms with Crippen molar-refractivity contribution in [3.8, 4) is 5.75 Å². The Hall–Kier alpha value is -3.58. The first-order valence-corrected chi connectivity index (χ1v) is 10.1. The third kappa shape index (κ3) is 5.13. The first-order valence-electron chi connectivity index (χ1n) is 9.71. The van der Waals surface area contributed by atoms with Gasteiger partial charge in [-0.15, -0.1) is 5.10 Å². The van der Waals surface area contributed by atoms with Crippen molar-refractivity contribution in [2.24, 2.45) is 0 Å². The minimum Gasteiger partial charge on any atom is -0.485 e. The largest absolute Gasteiger partial charge is 0.485 e. The second-order valence-electron chi connectivity index (χ2n) is 7.12. The van der Waals surface area contributed by atoms with E-state index in [1.165, 1.54) is 0 Å². The fraction of sp³-hybridized carbons (Fsp3) is 0.174. The van der Waals surface area contributed by atoms with E-state index >= 15 is 0 Å². The number of furan rings is 1. The van der Waals surface area contributed by atoms with E-state index in [9.17, 15) is 4.79 Å². The van der Waals surface area contributed by atoms with Gasteiger partial charge in [0.15, 0.2) is 5.76 Å². The summed E-state index contributed by atoms with van der Waals surface area (Å²) in [5.74, 6) is 1.30. The molecule has 1 amide bonds. The van der Waals surface area contributed by atoms with Gasteiger partial charge in [0.1, 0.15) is 24.4 Å². The first-order chi connectivity index (χ1) is 15.0. The summed E-state index contributed by atoms with van der Waals surface area (Å²) in [6, 6.07) is 16.7. The van der Waals surface area contributed by atoms with E-state index in [2.05, 4.69) is 15.4 Å². The number of carbonyl (C=O) groups is 1. The molecule has 2 aromatic heterocycles. The number of nitrogens with one attached hydrogen (secondary N) is 1. The monoisotopic (exact) mass is 436 g/mol. The lowest BCUT2D eigenvalue weighted by molar-refractivity contribution is 0.0991. The molecule has 2 heterocycles. The zero-order chi connectivity index (χ0) is 21.8. The minimum absolute atomic E-state index is 0.161. The maximum Gasteiger partial charge on any atom is 0.293 e. The fourth-order valence-corrected chi connectivity index (χ4v) is 3.24. The lowest BCUT2D eigenvalue weighted by atomic mass is 10.1. The van der Waals surface area contributed by atoms with Crippen LogP contribution in [0.25, 0.3) is 0 Å². The van der Waals surface area contributed by atoms with Crippen LogP contribution in [0, 0.1) is 13.8 Å². The second kappa shape index (κ2) is 9.06. The number of aromatic nitrogens is 3. The van der Waals surface area contributed by atoms with E-state index in [1.807, 2.05) is 56.3 Å². The van der Waals surface area contributed by atoms with Gasteiger partial charge in [-0.05, 0) is 54.8 Å². The van der Waals surface area contributed by atoms with Crippen molar-refractivity contribution >= 4 is 23.5 Å². The molecule has 31 heavy (non-hydrogen) atoms. The average Bonchev–Trinajstić information content (AvgIpc) is 3.39. The quantitative estimate of drug-likeness (QED) is 0.439. The van der Waals surface area contributed by atoms with Gasteiger partial charge < -0.3 is 9.15 Å². The summed E-state index contributed by atoms with van der Waals surface area (Å²) in [7, 11) is 0. The van der Waals surface area contributed by atoms with Crippen LogP contribution in [0.1, 0.15) is 33.0 Å². The minimum atomic E-state index is -0.428. The number of ether oxygens (including phenoxy) is 1. The summed E-state index contributed by atoms with van der Waals surface area (Å²) in [4.78, 5) is 16.6. The van der Waals surface area contributed by atoms with Crippen molar-refractivity contribution < 1.29 is 13.9 Å². The molecule has 1 N–H and O–H groups in total. The van der Waals surface area contributed by atoms with E-state index in [4.69, 9.17) is 20.8 Å². The highest BCUT2D eigenvalue weighted by Gasteiger charge is 2.14. The van der Waals surface area contributed by atoms with Gasteiger partial charge in [-0.25, -0.2) is 9.67 Å². The van der Waals surface area contributed by atoms with Gasteiger partial charge in [-0.3, -0.25) is 10.1 Å². The molecule has 7 nitrogen and oxygen atoms in total. The van der Waals surface area contributed by atoms with Crippen LogP contribution in [0.5, 0.6) is 5.75 Å². The van der Waals surface area contributed by atoms with Crippen LogP contribution < -0.4 is 10.1 Å². The molecule has 0 bridgehead atoms. The molecule has 4 aromatic rings. The molecule has 0 aliphatic carbocycles. The number of nitrogens with zero attached hydrogens (tertiary/aromatic N) is 3. The van der Waals surface area contributed by atoms with Crippen molar-refractivity contribution in [3.05, 3.63) is 94.2 Å². The first kappa shape index (κ1) is 20.7. The molecular formula is C23H21ClN4O3. The Bertz CT molecular complexity index is 1180. The lowest BCUT2D eigenvalue weighted by Crippen LogP contribution is -2.12. The molecule has 4 rings (SSSR count). The summed E-state index contributed by atoms with van der Waals surface area (Å²) < 4.78 is 13.1. The number of rotatable bonds is 7. The van der Waals surface area contributed by atoms with Crippen LogP contribution in [0.3, 0.4) is 0 Å². The van der Waals surface area contributed by atoms with E-state index < -0.39 is 5.91 Å². The number of amides is 1. The van der Waals surface area contributed by atoms with Gasteiger partial charge in [0.05, 0.1) is 6.54 Å². The zero-order valence-electron chi connectivity index (χ0n) is 17.1. The van der Waals surface area contributed by atoms with Gasteiger partial charge in [0, 0.05) is 5.02 Å². The number of anilines is 1. The van der Waals surface area contributed by atoms with Gasteiger partial charge in [0.25, 0.3) is 5.91 Å². The summed E-state index contributed by atoms with van der Waals surface area (Å²) >= 11 is 5.90. The Morgan fingerprint density at radius 1 is 1.10 bits per heavy atom. The number of hydrogen-bond acceptors (Lipinski definition) is 5.